The van der Waals surface area contributed by atoms with E-state index in [1.54, 1.807) is 0 Å². The number of nitrogens with zero attached hydrogens (tertiary/aromatic N) is 1. The quantitative estimate of drug-likeness (QED) is 0.560. The summed E-state index contributed by atoms with van der Waals surface area (Å²) in [5.74, 6) is -0.240. The number of carbonyl (C=O) groups is 2. The Morgan fingerprint density at radius 2 is 1.56 bits per heavy atom. The number of anilines is 2. The van der Waals surface area contributed by atoms with Gasteiger partial charge in [-0.05, 0) is 63.8 Å². The first-order valence-electron chi connectivity index (χ1n) is 10.6. The smallest absolute Gasteiger partial charge is 0.240 e. The van der Waals surface area contributed by atoms with Gasteiger partial charge in [0.05, 0.1) is 0 Å². The summed E-state index contributed by atoms with van der Waals surface area (Å²) in [7, 11) is 0. The zero-order chi connectivity index (χ0) is 19.3. The Morgan fingerprint density at radius 3 is 2.07 bits per heavy atom. The summed E-state index contributed by atoms with van der Waals surface area (Å²) < 4.78 is 0. The number of carbonyl (C=O) groups excluding carboxylic acids is 2. The molecule has 2 amide bonds. The number of amides is 2. The van der Waals surface area contributed by atoms with Gasteiger partial charge in [0.25, 0.3) is 0 Å². The molecule has 0 radical (unpaired) electrons. The molecule has 3 rings (SSSR count). The normalized spacial score (nSPS) is 19.0. The predicted octanol–water partition coefficient (Wildman–Crippen LogP) is 4.09. The maximum Gasteiger partial charge on any atom is 0.240 e. The highest BCUT2D eigenvalue weighted by molar-refractivity contribution is 6.13. The molecule has 0 atom stereocenters. The third-order valence-electron chi connectivity index (χ3n) is 6.06. The number of hydrogen-bond donors (Lipinski definition) is 2. The summed E-state index contributed by atoms with van der Waals surface area (Å²) in [4.78, 5) is 27.8. The van der Waals surface area contributed by atoms with Gasteiger partial charge >= 0.3 is 0 Å². The van der Waals surface area contributed by atoms with Gasteiger partial charge in [-0.2, -0.15) is 0 Å². The van der Waals surface area contributed by atoms with Crippen LogP contribution >= 0.6 is 0 Å². The maximum atomic E-state index is 12.8. The van der Waals surface area contributed by atoms with Crippen molar-refractivity contribution >= 4 is 23.2 Å². The second kappa shape index (κ2) is 8.77. The average molecular weight is 372 g/mol. The fraction of sp³-hybridized carbons (Fsp3) is 0.636. The summed E-state index contributed by atoms with van der Waals surface area (Å²) in [5.41, 5.74) is 1.04. The van der Waals surface area contributed by atoms with Gasteiger partial charge in [-0.15, -0.1) is 0 Å². The largest absolute Gasteiger partial charge is 0.372 e. The van der Waals surface area contributed by atoms with E-state index < -0.39 is 5.41 Å². The minimum Gasteiger partial charge on any atom is -0.372 e. The van der Waals surface area contributed by atoms with Crippen LogP contribution in [0.15, 0.2) is 24.3 Å². The van der Waals surface area contributed by atoms with Crippen molar-refractivity contribution in [2.24, 2.45) is 5.41 Å². The van der Waals surface area contributed by atoms with Gasteiger partial charge in [-0.3, -0.25) is 9.59 Å². The van der Waals surface area contributed by atoms with Gasteiger partial charge in [-0.25, -0.2) is 0 Å². The Hall–Kier alpha value is -2.04. The Labute approximate surface area is 162 Å². The van der Waals surface area contributed by atoms with Crippen LogP contribution in [-0.2, 0) is 9.59 Å². The van der Waals surface area contributed by atoms with Crippen LogP contribution in [0.4, 0.5) is 11.4 Å². The number of hydrogen-bond acceptors (Lipinski definition) is 3. The lowest BCUT2D eigenvalue weighted by Gasteiger charge is -2.22. The van der Waals surface area contributed by atoms with Crippen molar-refractivity contribution in [2.45, 2.75) is 71.3 Å². The fourth-order valence-corrected chi connectivity index (χ4v) is 4.02. The molecule has 2 aliphatic carbocycles. The summed E-state index contributed by atoms with van der Waals surface area (Å²) in [6, 6.07) is 8.12. The third kappa shape index (κ3) is 4.63. The van der Waals surface area contributed by atoms with E-state index in [0.29, 0.717) is 12.8 Å². The number of rotatable bonds is 7. The lowest BCUT2D eigenvalue weighted by molar-refractivity contribution is -0.134. The Morgan fingerprint density at radius 1 is 0.963 bits per heavy atom. The van der Waals surface area contributed by atoms with Crippen molar-refractivity contribution in [2.75, 3.05) is 23.3 Å². The number of benzene rings is 1. The molecule has 2 fully saturated rings. The highest BCUT2D eigenvalue weighted by Gasteiger charge is 2.56. The van der Waals surface area contributed by atoms with Gasteiger partial charge in [0.1, 0.15) is 5.41 Å². The monoisotopic (exact) mass is 371 g/mol. The molecule has 0 heterocycles. The number of nitrogens with one attached hydrogen (secondary N) is 2. The first-order chi connectivity index (χ1) is 13.1. The Balaban J connectivity index is 1.58. The van der Waals surface area contributed by atoms with Gasteiger partial charge in [0.15, 0.2) is 0 Å². The van der Waals surface area contributed by atoms with Gasteiger partial charge in [0, 0.05) is 30.5 Å². The van der Waals surface area contributed by atoms with Crippen LogP contribution in [0.2, 0.25) is 0 Å². The topological polar surface area (TPSA) is 61.4 Å². The molecule has 2 saturated carbocycles. The summed E-state index contributed by atoms with van der Waals surface area (Å²) in [5, 5.41) is 6.12. The highest BCUT2D eigenvalue weighted by Crippen LogP contribution is 2.47. The molecule has 27 heavy (non-hydrogen) atoms. The molecule has 0 aromatic heterocycles. The summed E-state index contributed by atoms with van der Waals surface area (Å²) >= 11 is 0. The molecular weight excluding hydrogens is 338 g/mol. The summed E-state index contributed by atoms with van der Waals surface area (Å²) in [6.45, 7) is 6.16. The van der Waals surface area contributed by atoms with Crippen LogP contribution in [-0.4, -0.2) is 30.9 Å². The molecule has 0 spiro atoms. The van der Waals surface area contributed by atoms with Gasteiger partial charge in [0.2, 0.25) is 11.8 Å². The minimum absolute atomic E-state index is 0.0772. The van der Waals surface area contributed by atoms with E-state index in [4.69, 9.17) is 0 Å². The van der Waals surface area contributed by atoms with E-state index in [9.17, 15) is 9.59 Å². The lowest BCUT2D eigenvalue weighted by Crippen LogP contribution is -2.44. The molecular formula is C22H33N3O2. The molecule has 5 heteroatoms. The molecule has 0 bridgehead atoms. The van der Waals surface area contributed by atoms with Crippen molar-refractivity contribution in [3.63, 3.8) is 0 Å². The van der Waals surface area contributed by atoms with Crippen LogP contribution < -0.4 is 15.5 Å². The molecule has 148 valence electrons. The second-order valence-corrected chi connectivity index (χ2v) is 7.92. The van der Waals surface area contributed by atoms with Crippen molar-refractivity contribution in [3.05, 3.63) is 24.3 Å². The van der Waals surface area contributed by atoms with Crippen molar-refractivity contribution < 1.29 is 9.59 Å². The van der Waals surface area contributed by atoms with E-state index in [0.717, 1.165) is 37.3 Å². The van der Waals surface area contributed by atoms with Gasteiger partial charge < -0.3 is 15.5 Å². The average Bonchev–Trinajstić information content (AvgIpc) is 3.50. The zero-order valence-corrected chi connectivity index (χ0v) is 16.7. The molecule has 1 aromatic rings. The van der Waals surface area contributed by atoms with Crippen LogP contribution in [0.1, 0.15) is 65.2 Å². The molecule has 2 aliphatic rings. The third-order valence-corrected chi connectivity index (χ3v) is 6.06. The molecule has 0 unspecified atom stereocenters. The molecule has 0 saturated heterocycles. The Kier molecular flexibility index (Phi) is 6.40. The molecule has 0 aliphatic heterocycles. The van der Waals surface area contributed by atoms with Crippen LogP contribution in [0.5, 0.6) is 0 Å². The standard InChI is InChI=1S/C22H33N3O2/c1-3-25(4-2)19-13-11-18(12-14-19)24-21(27)22(15-16-22)20(26)23-17-9-7-5-6-8-10-17/h11-14,17H,3-10,15-16H2,1-2H3,(H,23,26)(H,24,27). The van der Waals surface area contributed by atoms with Crippen LogP contribution in [0, 0.1) is 5.41 Å². The van der Waals surface area contributed by atoms with E-state index in [-0.39, 0.29) is 17.9 Å². The predicted molar refractivity (Wildman–Crippen MR) is 110 cm³/mol. The van der Waals surface area contributed by atoms with E-state index >= 15 is 0 Å². The van der Waals surface area contributed by atoms with Crippen molar-refractivity contribution in [1.82, 2.24) is 5.32 Å². The van der Waals surface area contributed by atoms with Crippen molar-refractivity contribution in [1.29, 1.82) is 0 Å². The van der Waals surface area contributed by atoms with E-state index in [1.807, 2.05) is 24.3 Å². The van der Waals surface area contributed by atoms with E-state index in [2.05, 4.69) is 29.4 Å². The van der Waals surface area contributed by atoms with Crippen molar-refractivity contribution in [3.8, 4) is 0 Å². The highest BCUT2D eigenvalue weighted by atomic mass is 16.2. The first kappa shape index (κ1) is 19.7. The maximum absolute atomic E-state index is 12.8. The summed E-state index contributed by atoms with van der Waals surface area (Å²) in [6.07, 6.45) is 8.21. The molecule has 2 N–H and O–H groups in total. The van der Waals surface area contributed by atoms with Crippen LogP contribution in [0.25, 0.3) is 0 Å². The first-order valence-corrected chi connectivity index (χ1v) is 10.6. The molecule has 5 nitrogen and oxygen atoms in total. The molecule has 1 aromatic carbocycles. The van der Waals surface area contributed by atoms with Gasteiger partial charge in [-0.1, -0.05) is 25.7 Å². The second-order valence-electron chi connectivity index (χ2n) is 7.92. The SMILES string of the molecule is CCN(CC)c1ccc(NC(=O)C2(C(=O)NC3CCCCCC3)CC2)cc1. The lowest BCUT2D eigenvalue weighted by atomic mass is 10.0. The minimum atomic E-state index is -0.857. The van der Waals surface area contributed by atoms with Crippen LogP contribution in [0.3, 0.4) is 0 Å². The van der Waals surface area contributed by atoms with E-state index in [1.165, 1.54) is 25.7 Å². The fourth-order valence-electron chi connectivity index (χ4n) is 4.02. The Bertz CT molecular complexity index is 640. The zero-order valence-electron chi connectivity index (χ0n) is 16.7.